The van der Waals surface area contributed by atoms with Crippen LogP contribution in [0.4, 0.5) is 0 Å². The van der Waals surface area contributed by atoms with Crippen molar-refractivity contribution < 1.29 is 4.74 Å². The van der Waals surface area contributed by atoms with Crippen LogP contribution in [-0.2, 0) is 10.3 Å². The molecule has 0 aromatic heterocycles. The van der Waals surface area contributed by atoms with E-state index in [0.717, 1.165) is 30.3 Å². The Labute approximate surface area is 140 Å². The highest BCUT2D eigenvalue weighted by atomic mass is 16.5. The number of benzene rings is 1. The molecule has 1 aromatic carbocycles. The molecule has 0 radical (unpaired) electrons. The van der Waals surface area contributed by atoms with E-state index in [1.165, 1.54) is 56.9 Å². The number of hydrogen-bond donors (Lipinski definition) is 0. The van der Waals surface area contributed by atoms with Crippen molar-refractivity contribution in [3.63, 3.8) is 0 Å². The zero-order valence-corrected chi connectivity index (χ0v) is 14.5. The lowest BCUT2D eigenvalue weighted by molar-refractivity contribution is -0.190. The van der Waals surface area contributed by atoms with Gasteiger partial charge in [-0.05, 0) is 74.2 Å². The molecule has 124 valence electrons. The Morgan fingerprint density at radius 2 is 1.52 bits per heavy atom. The maximum Gasteiger partial charge on any atom is 0.0991 e. The summed E-state index contributed by atoms with van der Waals surface area (Å²) in [6, 6.07) is 11.3. The molecule has 5 aliphatic rings. The maximum absolute atomic E-state index is 6.82. The van der Waals surface area contributed by atoms with Crippen LogP contribution in [0.3, 0.4) is 0 Å². The molecule has 0 amide bonds. The van der Waals surface area contributed by atoms with Crippen molar-refractivity contribution in [2.45, 2.75) is 63.9 Å². The first kappa shape index (κ1) is 14.5. The number of hydrogen-bond acceptors (Lipinski definition) is 1. The van der Waals surface area contributed by atoms with Gasteiger partial charge in [0.25, 0.3) is 0 Å². The van der Waals surface area contributed by atoms with Gasteiger partial charge in [0, 0.05) is 5.41 Å². The lowest BCUT2D eigenvalue weighted by Gasteiger charge is -2.62. The first-order chi connectivity index (χ1) is 11.2. The second-order valence-electron chi connectivity index (χ2n) is 9.18. The Morgan fingerprint density at radius 1 is 0.913 bits per heavy atom. The molecule has 2 unspecified atom stereocenters. The lowest BCUT2D eigenvalue weighted by Crippen LogP contribution is -2.56. The summed E-state index contributed by atoms with van der Waals surface area (Å²) >= 11 is 0. The summed E-state index contributed by atoms with van der Waals surface area (Å²) < 4.78 is 6.82. The minimum atomic E-state index is 0.0188. The van der Waals surface area contributed by atoms with E-state index in [-0.39, 0.29) is 5.60 Å². The van der Waals surface area contributed by atoms with Crippen LogP contribution in [0.5, 0.6) is 0 Å². The van der Waals surface area contributed by atoms with Crippen LogP contribution in [0, 0.1) is 29.1 Å². The van der Waals surface area contributed by atoms with Crippen molar-refractivity contribution in [2.75, 3.05) is 6.61 Å². The third kappa shape index (κ3) is 2.02. The van der Waals surface area contributed by atoms with Crippen molar-refractivity contribution in [2.24, 2.45) is 29.1 Å². The molecule has 1 heterocycles. The molecule has 4 aliphatic carbocycles. The normalized spacial score (nSPS) is 48.0. The molecular weight excluding hydrogens is 280 g/mol. The van der Waals surface area contributed by atoms with Crippen LogP contribution in [0.25, 0.3) is 0 Å². The van der Waals surface area contributed by atoms with E-state index in [1.807, 2.05) is 0 Å². The largest absolute Gasteiger partial charge is 0.369 e. The molecule has 1 heteroatoms. The molecule has 1 aliphatic heterocycles. The number of rotatable bonds is 3. The van der Waals surface area contributed by atoms with Gasteiger partial charge in [0.05, 0.1) is 12.2 Å². The molecule has 23 heavy (non-hydrogen) atoms. The van der Waals surface area contributed by atoms with Crippen LogP contribution >= 0.6 is 0 Å². The van der Waals surface area contributed by atoms with E-state index in [0.29, 0.717) is 5.41 Å². The molecule has 2 atom stereocenters. The van der Waals surface area contributed by atoms with Gasteiger partial charge in [0.1, 0.15) is 0 Å². The topological polar surface area (TPSA) is 9.23 Å². The predicted molar refractivity (Wildman–Crippen MR) is 93.1 cm³/mol. The van der Waals surface area contributed by atoms with Crippen LogP contribution < -0.4 is 0 Å². The summed E-state index contributed by atoms with van der Waals surface area (Å²) in [4.78, 5) is 0. The average Bonchev–Trinajstić information content (AvgIpc) is 3.01. The van der Waals surface area contributed by atoms with Crippen LogP contribution in [0.15, 0.2) is 30.3 Å². The summed E-state index contributed by atoms with van der Waals surface area (Å²) in [6.07, 6.45) is 11.4. The van der Waals surface area contributed by atoms with E-state index >= 15 is 0 Å². The molecule has 1 aromatic rings. The average molecular weight is 310 g/mol. The first-order valence-corrected chi connectivity index (χ1v) is 9.92. The van der Waals surface area contributed by atoms with Crippen LogP contribution in [0.1, 0.15) is 63.9 Å². The fourth-order valence-corrected chi connectivity index (χ4v) is 7.24. The fourth-order valence-electron chi connectivity index (χ4n) is 7.24. The molecule has 5 fully saturated rings. The summed E-state index contributed by atoms with van der Waals surface area (Å²) in [6.45, 7) is 3.32. The Bertz CT molecular complexity index is 542. The standard InChI is InChI=1S/C22H30O/c1-2-16-14-22(23-15-16,20-6-4-3-5-7-20)21-11-17-8-18(12-21)10-19(9-17)13-21/h3-7,16-19H,2,8-15H2,1H3. The zero-order valence-electron chi connectivity index (χ0n) is 14.5. The highest BCUT2D eigenvalue weighted by molar-refractivity contribution is 5.29. The summed E-state index contributed by atoms with van der Waals surface area (Å²) in [5.74, 6) is 3.73. The minimum absolute atomic E-state index is 0.0188. The quantitative estimate of drug-likeness (QED) is 0.711. The Morgan fingerprint density at radius 3 is 2.04 bits per heavy atom. The smallest absolute Gasteiger partial charge is 0.0991 e. The predicted octanol–water partition coefficient (Wildman–Crippen LogP) is 5.54. The lowest BCUT2D eigenvalue weighted by atomic mass is 9.44. The monoisotopic (exact) mass is 310 g/mol. The molecule has 0 N–H and O–H groups in total. The summed E-state index contributed by atoms with van der Waals surface area (Å²) in [5.41, 5.74) is 1.94. The summed E-state index contributed by atoms with van der Waals surface area (Å²) in [7, 11) is 0. The van der Waals surface area contributed by atoms with E-state index in [2.05, 4.69) is 37.3 Å². The van der Waals surface area contributed by atoms with Gasteiger partial charge in [-0.1, -0.05) is 43.7 Å². The molecule has 4 bridgehead atoms. The summed E-state index contributed by atoms with van der Waals surface area (Å²) in [5, 5.41) is 0. The van der Waals surface area contributed by atoms with Gasteiger partial charge >= 0.3 is 0 Å². The minimum Gasteiger partial charge on any atom is -0.369 e. The van der Waals surface area contributed by atoms with Gasteiger partial charge in [-0.25, -0.2) is 0 Å². The molecular formula is C22H30O. The second-order valence-corrected chi connectivity index (χ2v) is 9.18. The van der Waals surface area contributed by atoms with Crippen LogP contribution in [-0.4, -0.2) is 6.61 Å². The Kier molecular flexibility index (Phi) is 3.21. The highest BCUT2D eigenvalue weighted by Crippen LogP contribution is 2.69. The molecule has 1 nitrogen and oxygen atoms in total. The van der Waals surface area contributed by atoms with Crippen molar-refractivity contribution >= 4 is 0 Å². The maximum atomic E-state index is 6.82. The zero-order chi connectivity index (χ0) is 15.5. The Balaban J connectivity index is 1.61. The van der Waals surface area contributed by atoms with E-state index < -0.39 is 0 Å². The van der Waals surface area contributed by atoms with Crippen molar-refractivity contribution in [1.82, 2.24) is 0 Å². The molecule has 0 spiro atoms. The van der Waals surface area contributed by atoms with Crippen molar-refractivity contribution in [1.29, 1.82) is 0 Å². The van der Waals surface area contributed by atoms with Gasteiger partial charge in [0.15, 0.2) is 0 Å². The van der Waals surface area contributed by atoms with E-state index in [9.17, 15) is 0 Å². The molecule has 6 rings (SSSR count). The van der Waals surface area contributed by atoms with Crippen LogP contribution in [0.2, 0.25) is 0 Å². The third-order valence-electron chi connectivity index (χ3n) is 7.85. The highest BCUT2D eigenvalue weighted by Gasteiger charge is 2.63. The SMILES string of the molecule is CCC1COC(c2ccccc2)(C23CC4CC(CC(C4)C2)C3)C1. The van der Waals surface area contributed by atoms with Gasteiger partial charge in [-0.15, -0.1) is 0 Å². The van der Waals surface area contributed by atoms with Gasteiger partial charge in [-0.3, -0.25) is 0 Å². The number of ether oxygens (including phenoxy) is 1. The third-order valence-corrected chi connectivity index (χ3v) is 7.85. The molecule has 4 saturated carbocycles. The van der Waals surface area contributed by atoms with Gasteiger partial charge in [-0.2, -0.15) is 0 Å². The second kappa shape index (κ2) is 5.09. The molecule has 1 saturated heterocycles. The van der Waals surface area contributed by atoms with Crippen molar-refractivity contribution in [3.05, 3.63) is 35.9 Å². The van der Waals surface area contributed by atoms with E-state index in [1.54, 1.807) is 0 Å². The fraction of sp³-hybridized carbons (Fsp3) is 0.727. The van der Waals surface area contributed by atoms with Gasteiger partial charge in [0.2, 0.25) is 0 Å². The van der Waals surface area contributed by atoms with Crippen molar-refractivity contribution in [3.8, 4) is 0 Å². The Hall–Kier alpha value is -0.820. The van der Waals surface area contributed by atoms with Gasteiger partial charge < -0.3 is 4.74 Å². The first-order valence-electron chi connectivity index (χ1n) is 9.92. The van der Waals surface area contributed by atoms with E-state index in [4.69, 9.17) is 4.74 Å².